The number of thiophene rings is 1. The molecule has 3 N–H and O–H groups in total. The first-order valence-electron chi connectivity index (χ1n) is 10.3. The number of nitrogens with two attached hydrogens (primary N) is 1. The van der Waals surface area contributed by atoms with Crippen molar-refractivity contribution < 1.29 is 22.7 Å². The Balaban J connectivity index is 2.67. The lowest BCUT2D eigenvalue weighted by molar-refractivity contribution is 0.0500. The second kappa shape index (κ2) is 11.2. The van der Waals surface area contributed by atoms with Crippen molar-refractivity contribution in [3.63, 3.8) is 0 Å². The van der Waals surface area contributed by atoms with Gasteiger partial charge in [-0.05, 0) is 36.9 Å². The molecule has 0 spiro atoms. The molecule has 172 valence electrons. The fraction of sp³-hybridized carbons (Fsp3) is 0.500. The van der Waals surface area contributed by atoms with Crippen LogP contribution in [0, 0.1) is 5.92 Å². The first-order chi connectivity index (χ1) is 14.6. The zero-order valence-electron chi connectivity index (χ0n) is 18.7. The summed E-state index contributed by atoms with van der Waals surface area (Å²) < 4.78 is 35.7. The van der Waals surface area contributed by atoms with E-state index in [9.17, 15) is 13.2 Å². The Morgan fingerprint density at radius 3 is 2.35 bits per heavy atom. The van der Waals surface area contributed by atoms with E-state index < -0.39 is 16.0 Å². The quantitative estimate of drug-likeness (QED) is 0.292. The third-order valence-electron chi connectivity index (χ3n) is 4.74. The maximum atomic E-state index is 13.0. The molecule has 1 heterocycles. The van der Waals surface area contributed by atoms with Crippen LogP contribution in [0.5, 0.6) is 0 Å². The number of ether oxygens (including phenoxy) is 2. The van der Waals surface area contributed by atoms with Crippen LogP contribution in [0.15, 0.2) is 28.5 Å². The maximum absolute atomic E-state index is 13.0. The lowest BCUT2D eigenvalue weighted by Crippen LogP contribution is -2.17. The van der Waals surface area contributed by atoms with E-state index in [2.05, 4.69) is 5.32 Å². The van der Waals surface area contributed by atoms with Gasteiger partial charge in [0, 0.05) is 17.6 Å². The van der Waals surface area contributed by atoms with Crippen LogP contribution >= 0.6 is 11.3 Å². The minimum absolute atomic E-state index is 0.0183. The highest BCUT2D eigenvalue weighted by atomic mass is 32.2. The molecule has 0 aliphatic heterocycles. The average molecular weight is 469 g/mol. The van der Waals surface area contributed by atoms with Crippen LogP contribution in [-0.2, 0) is 25.9 Å². The van der Waals surface area contributed by atoms with Crippen molar-refractivity contribution in [3.05, 3.63) is 40.3 Å². The van der Waals surface area contributed by atoms with E-state index in [4.69, 9.17) is 14.6 Å². The minimum Gasteiger partial charge on any atom is -0.462 e. The molecular formula is C22H32N2O5S2. The number of nitrogens with one attached hydrogen (secondary N) is 1. The molecule has 0 fully saturated rings. The highest BCUT2D eigenvalue weighted by Crippen LogP contribution is 2.41. The lowest BCUT2D eigenvalue weighted by Gasteiger charge is -2.15. The minimum atomic E-state index is -4.04. The van der Waals surface area contributed by atoms with E-state index in [1.807, 2.05) is 32.9 Å². The molecule has 0 aliphatic carbocycles. The smallest absolute Gasteiger partial charge is 0.339 e. The SMILES string of the molecule is CCCCOC(=O)c1c(CC(C)C)sc(S(N)(=O)=O)c1-c1ccc(C(NC)OC)cc1. The molecule has 1 unspecified atom stereocenters. The molecule has 0 bridgehead atoms. The second-order valence-electron chi connectivity index (χ2n) is 7.72. The van der Waals surface area contributed by atoms with E-state index in [1.165, 1.54) is 0 Å². The summed E-state index contributed by atoms with van der Waals surface area (Å²) in [6, 6.07) is 7.21. The molecule has 2 aromatic rings. The van der Waals surface area contributed by atoms with Crippen molar-refractivity contribution >= 4 is 27.3 Å². The molecule has 1 aromatic carbocycles. The van der Waals surface area contributed by atoms with Gasteiger partial charge in [-0.25, -0.2) is 18.4 Å². The third kappa shape index (κ3) is 6.36. The van der Waals surface area contributed by atoms with Crippen molar-refractivity contribution in [2.45, 2.75) is 50.5 Å². The van der Waals surface area contributed by atoms with Crippen molar-refractivity contribution in [1.82, 2.24) is 5.32 Å². The highest BCUT2D eigenvalue weighted by Gasteiger charge is 2.30. The highest BCUT2D eigenvalue weighted by molar-refractivity contribution is 7.91. The molecule has 7 nitrogen and oxygen atoms in total. The van der Waals surface area contributed by atoms with Crippen LogP contribution in [0.2, 0.25) is 0 Å². The Bertz CT molecular complexity index is 978. The normalized spacial score (nSPS) is 12.9. The molecule has 2 rings (SSSR count). The molecule has 0 radical (unpaired) electrons. The number of hydrogen-bond acceptors (Lipinski definition) is 7. The van der Waals surface area contributed by atoms with Gasteiger partial charge >= 0.3 is 5.97 Å². The van der Waals surface area contributed by atoms with Gasteiger partial charge in [-0.1, -0.05) is 51.5 Å². The fourth-order valence-corrected chi connectivity index (χ4v) is 5.80. The van der Waals surface area contributed by atoms with Crippen LogP contribution < -0.4 is 10.5 Å². The number of primary sulfonamides is 1. The van der Waals surface area contributed by atoms with Gasteiger partial charge in [0.05, 0.1) is 12.2 Å². The molecule has 0 amide bonds. The van der Waals surface area contributed by atoms with Crippen LogP contribution in [0.4, 0.5) is 0 Å². The van der Waals surface area contributed by atoms with Crippen molar-refractivity contribution in [2.24, 2.45) is 11.1 Å². The van der Waals surface area contributed by atoms with Gasteiger partial charge < -0.3 is 9.47 Å². The first-order valence-corrected chi connectivity index (χ1v) is 12.7. The zero-order chi connectivity index (χ0) is 23.2. The summed E-state index contributed by atoms with van der Waals surface area (Å²) in [5.74, 6) is -0.290. The Hall–Kier alpha value is -1.78. The Morgan fingerprint density at radius 1 is 1.23 bits per heavy atom. The number of sulfonamides is 1. The van der Waals surface area contributed by atoms with Crippen LogP contribution in [0.3, 0.4) is 0 Å². The van der Waals surface area contributed by atoms with Gasteiger partial charge in [0.15, 0.2) is 0 Å². The summed E-state index contributed by atoms with van der Waals surface area (Å²) in [6.45, 7) is 6.32. The van der Waals surface area contributed by atoms with E-state index in [0.717, 1.165) is 29.7 Å². The zero-order valence-corrected chi connectivity index (χ0v) is 20.4. The number of esters is 1. The number of carbonyl (C=O) groups is 1. The molecule has 31 heavy (non-hydrogen) atoms. The van der Waals surface area contributed by atoms with Gasteiger partial charge in [0.2, 0.25) is 10.0 Å². The van der Waals surface area contributed by atoms with Crippen molar-refractivity contribution in [2.75, 3.05) is 20.8 Å². The molecule has 1 aromatic heterocycles. The van der Waals surface area contributed by atoms with E-state index in [-0.39, 0.29) is 23.0 Å². The summed E-state index contributed by atoms with van der Waals surface area (Å²) in [7, 11) is -0.667. The summed E-state index contributed by atoms with van der Waals surface area (Å²) in [5.41, 5.74) is 2.07. The Morgan fingerprint density at radius 2 is 1.87 bits per heavy atom. The fourth-order valence-electron chi connectivity index (χ4n) is 3.27. The standard InChI is InChI=1S/C22H32N2O5S2/c1-6-7-12-29-21(25)19-17(13-14(2)3)30-22(31(23,26)27)18(19)15-8-10-16(11-9-15)20(24-4)28-5/h8-11,14,20,24H,6-7,12-13H2,1-5H3,(H2,23,26,27). The average Bonchev–Trinajstić information content (AvgIpc) is 3.08. The lowest BCUT2D eigenvalue weighted by atomic mass is 9.98. The second-order valence-corrected chi connectivity index (χ2v) is 10.6. The van der Waals surface area contributed by atoms with Crippen LogP contribution in [-0.4, -0.2) is 35.2 Å². The van der Waals surface area contributed by atoms with Crippen molar-refractivity contribution in [3.8, 4) is 11.1 Å². The summed E-state index contributed by atoms with van der Waals surface area (Å²) in [5, 5.41) is 8.59. The van der Waals surface area contributed by atoms with Crippen LogP contribution in [0.25, 0.3) is 11.1 Å². The predicted octanol–water partition coefficient (Wildman–Crippen LogP) is 4.08. The van der Waals surface area contributed by atoms with Crippen LogP contribution in [0.1, 0.15) is 60.6 Å². The summed E-state index contributed by atoms with van der Waals surface area (Å²) >= 11 is 1.05. The third-order valence-corrected chi connectivity index (χ3v) is 7.41. The number of methoxy groups -OCH3 is 1. The number of unbranched alkanes of at least 4 members (excludes halogenated alkanes) is 1. The number of hydrogen-bond donors (Lipinski definition) is 2. The van der Waals surface area contributed by atoms with E-state index in [0.29, 0.717) is 28.0 Å². The van der Waals surface area contributed by atoms with Gasteiger partial charge in [0.25, 0.3) is 0 Å². The summed E-state index contributed by atoms with van der Waals surface area (Å²) in [6.07, 6.45) is 1.88. The predicted molar refractivity (Wildman–Crippen MR) is 124 cm³/mol. The van der Waals surface area contributed by atoms with E-state index >= 15 is 0 Å². The van der Waals surface area contributed by atoms with Gasteiger partial charge in [0.1, 0.15) is 10.4 Å². The van der Waals surface area contributed by atoms with Gasteiger partial charge in [-0.15, -0.1) is 11.3 Å². The number of benzene rings is 1. The molecule has 0 saturated carbocycles. The molecule has 9 heteroatoms. The largest absolute Gasteiger partial charge is 0.462 e. The monoisotopic (exact) mass is 468 g/mol. The summed E-state index contributed by atoms with van der Waals surface area (Å²) in [4.78, 5) is 13.7. The molecule has 0 aliphatic rings. The molecule has 1 atom stereocenters. The number of carbonyl (C=O) groups excluding carboxylic acids is 1. The molecule has 0 saturated heterocycles. The van der Waals surface area contributed by atoms with Crippen molar-refractivity contribution in [1.29, 1.82) is 0 Å². The molecular weight excluding hydrogens is 436 g/mol. The Labute approximate surface area is 189 Å². The maximum Gasteiger partial charge on any atom is 0.339 e. The Kier molecular flexibility index (Phi) is 9.20. The number of rotatable bonds is 11. The van der Waals surface area contributed by atoms with Gasteiger partial charge in [-0.2, -0.15) is 0 Å². The first kappa shape index (κ1) is 25.5. The van der Waals surface area contributed by atoms with Gasteiger partial charge in [-0.3, -0.25) is 5.32 Å². The topological polar surface area (TPSA) is 108 Å². The van der Waals surface area contributed by atoms with E-state index in [1.54, 1.807) is 26.3 Å².